The molecule has 1 atom stereocenters. The summed E-state index contributed by atoms with van der Waals surface area (Å²) in [6.07, 6.45) is 2.01. The Balaban J connectivity index is 2.06. The van der Waals surface area contributed by atoms with Gasteiger partial charge in [0.05, 0.1) is 0 Å². The molecule has 0 aromatic heterocycles. The van der Waals surface area contributed by atoms with E-state index in [1.165, 1.54) is 11.3 Å². The highest BCUT2D eigenvalue weighted by Crippen LogP contribution is 2.25. The van der Waals surface area contributed by atoms with Crippen molar-refractivity contribution in [3.63, 3.8) is 0 Å². The van der Waals surface area contributed by atoms with Crippen LogP contribution in [0, 0.1) is 0 Å². The molecule has 118 valence electrons. The van der Waals surface area contributed by atoms with Crippen LogP contribution in [-0.2, 0) is 6.42 Å². The average molecular weight is 289 g/mol. The van der Waals surface area contributed by atoms with Gasteiger partial charge in [-0.05, 0) is 45.2 Å². The van der Waals surface area contributed by atoms with E-state index in [1.54, 1.807) is 0 Å². The van der Waals surface area contributed by atoms with Crippen molar-refractivity contribution in [2.45, 2.75) is 52.1 Å². The quantitative estimate of drug-likeness (QED) is 0.925. The molecule has 0 saturated carbocycles. The van der Waals surface area contributed by atoms with Crippen LogP contribution in [0.1, 0.15) is 39.7 Å². The maximum absolute atomic E-state index is 6.16. The van der Waals surface area contributed by atoms with Crippen molar-refractivity contribution in [2.75, 3.05) is 31.1 Å². The minimum Gasteiger partial charge on any atom is -0.369 e. The van der Waals surface area contributed by atoms with Crippen molar-refractivity contribution in [3.05, 3.63) is 29.8 Å². The summed E-state index contributed by atoms with van der Waals surface area (Å²) in [5.41, 5.74) is 9.21. The van der Waals surface area contributed by atoms with E-state index in [4.69, 9.17) is 5.73 Å². The molecule has 0 bridgehead atoms. The number of hydrogen-bond donors (Lipinski definition) is 1. The predicted molar refractivity (Wildman–Crippen MR) is 92.0 cm³/mol. The highest BCUT2D eigenvalue weighted by atomic mass is 15.3. The Hall–Kier alpha value is -1.06. The number of anilines is 1. The van der Waals surface area contributed by atoms with Crippen LogP contribution < -0.4 is 10.6 Å². The first kappa shape index (κ1) is 16.3. The summed E-state index contributed by atoms with van der Waals surface area (Å²) in [5.74, 6) is 0. The Morgan fingerprint density at radius 3 is 2.29 bits per heavy atom. The smallest absolute Gasteiger partial charge is 0.0400 e. The average Bonchev–Trinajstić information content (AvgIpc) is 2.47. The lowest BCUT2D eigenvalue weighted by Gasteiger charge is -2.43. The van der Waals surface area contributed by atoms with Crippen LogP contribution in [0.25, 0.3) is 0 Å². The molecule has 1 saturated heterocycles. The van der Waals surface area contributed by atoms with Crippen molar-refractivity contribution in [1.82, 2.24) is 4.90 Å². The Morgan fingerprint density at radius 1 is 1.10 bits per heavy atom. The summed E-state index contributed by atoms with van der Waals surface area (Å²) in [7, 11) is 0. The fourth-order valence-electron chi connectivity index (χ4n) is 3.04. The van der Waals surface area contributed by atoms with Crippen molar-refractivity contribution >= 4 is 5.69 Å². The number of nitrogens with two attached hydrogens (primary N) is 1. The van der Waals surface area contributed by atoms with E-state index >= 15 is 0 Å². The third kappa shape index (κ3) is 4.21. The molecule has 1 aromatic carbocycles. The molecule has 1 unspecified atom stereocenters. The second kappa shape index (κ2) is 6.80. The number of hydrogen-bond acceptors (Lipinski definition) is 3. The van der Waals surface area contributed by atoms with Crippen LogP contribution in [0.3, 0.4) is 0 Å². The summed E-state index contributed by atoms with van der Waals surface area (Å²) < 4.78 is 0. The van der Waals surface area contributed by atoms with Gasteiger partial charge in [0.2, 0.25) is 0 Å². The summed E-state index contributed by atoms with van der Waals surface area (Å²) in [6, 6.07) is 9.03. The van der Waals surface area contributed by atoms with Crippen LogP contribution in [0.15, 0.2) is 24.3 Å². The highest BCUT2D eigenvalue weighted by molar-refractivity contribution is 5.54. The summed E-state index contributed by atoms with van der Waals surface area (Å²) >= 11 is 0. The zero-order valence-corrected chi connectivity index (χ0v) is 14.1. The Bertz CT molecular complexity index is 442. The van der Waals surface area contributed by atoms with Crippen LogP contribution in [0.2, 0.25) is 0 Å². The largest absolute Gasteiger partial charge is 0.369 e. The van der Waals surface area contributed by atoms with E-state index in [0.29, 0.717) is 0 Å². The first-order chi connectivity index (χ1) is 9.91. The van der Waals surface area contributed by atoms with Gasteiger partial charge in [0.15, 0.2) is 0 Å². The molecule has 0 amide bonds. The Morgan fingerprint density at radius 2 is 1.71 bits per heavy atom. The molecule has 1 aromatic rings. The van der Waals surface area contributed by atoms with Crippen molar-refractivity contribution in [2.24, 2.45) is 5.73 Å². The Kier molecular flexibility index (Phi) is 5.28. The van der Waals surface area contributed by atoms with E-state index in [1.807, 2.05) is 0 Å². The molecule has 2 rings (SSSR count). The van der Waals surface area contributed by atoms with Crippen LogP contribution in [0.4, 0.5) is 5.69 Å². The topological polar surface area (TPSA) is 32.5 Å². The standard InChI is InChI=1S/C18H31N3/c1-5-16(19)14-15-8-6-7-9-17(15)20-10-12-21(13-11-20)18(2,3)4/h6-9,16H,5,10-14,19H2,1-4H3. The zero-order valence-electron chi connectivity index (χ0n) is 14.1. The van der Waals surface area contributed by atoms with Gasteiger partial charge in [-0.15, -0.1) is 0 Å². The van der Waals surface area contributed by atoms with Gasteiger partial charge in [-0.3, -0.25) is 4.90 Å². The second-order valence-electron chi connectivity index (χ2n) is 7.15. The van der Waals surface area contributed by atoms with E-state index < -0.39 is 0 Å². The van der Waals surface area contributed by atoms with E-state index in [2.05, 4.69) is 61.8 Å². The SMILES string of the molecule is CCC(N)Cc1ccccc1N1CCN(C(C)(C)C)CC1. The minimum absolute atomic E-state index is 0.266. The molecule has 1 aliphatic heterocycles. The first-order valence-corrected chi connectivity index (χ1v) is 8.25. The van der Waals surface area contributed by atoms with Gasteiger partial charge in [-0.25, -0.2) is 0 Å². The molecular formula is C18H31N3. The normalized spacial score (nSPS) is 18.8. The van der Waals surface area contributed by atoms with Crippen molar-refractivity contribution < 1.29 is 0 Å². The van der Waals surface area contributed by atoms with Crippen LogP contribution in [0.5, 0.6) is 0 Å². The molecule has 21 heavy (non-hydrogen) atoms. The molecule has 1 fully saturated rings. The van der Waals surface area contributed by atoms with Gasteiger partial charge in [0, 0.05) is 43.4 Å². The Labute approximate surface area is 130 Å². The fraction of sp³-hybridized carbons (Fsp3) is 0.667. The van der Waals surface area contributed by atoms with Gasteiger partial charge < -0.3 is 10.6 Å². The summed E-state index contributed by atoms with van der Waals surface area (Å²) in [5, 5.41) is 0. The van der Waals surface area contributed by atoms with Crippen LogP contribution in [-0.4, -0.2) is 42.7 Å². The number of nitrogens with zero attached hydrogens (tertiary/aromatic N) is 2. The number of rotatable bonds is 4. The molecule has 0 radical (unpaired) electrons. The maximum Gasteiger partial charge on any atom is 0.0400 e. The van der Waals surface area contributed by atoms with Gasteiger partial charge in [-0.1, -0.05) is 25.1 Å². The predicted octanol–water partition coefficient (Wildman–Crippen LogP) is 2.89. The van der Waals surface area contributed by atoms with Crippen LogP contribution >= 0.6 is 0 Å². The second-order valence-corrected chi connectivity index (χ2v) is 7.15. The molecule has 0 aliphatic carbocycles. The first-order valence-electron chi connectivity index (χ1n) is 8.25. The minimum atomic E-state index is 0.266. The molecular weight excluding hydrogens is 258 g/mol. The van der Waals surface area contributed by atoms with Gasteiger partial charge in [-0.2, -0.15) is 0 Å². The molecule has 3 heteroatoms. The number of benzene rings is 1. The molecule has 1 heterocycles. The highest BCUT2D eigenvalue weighted by Gasteiger charge is 2.26. The van der Waals surface area contributed by atoms with Crippen molar-refractivity contribution in [1.29, 1.82) is 0 Å². The maximum atomic E-state index is 6.16. The lowest BCUT2D eigenvalue weighted by atomic mass is 10.0. The zero-order chi connectivity index (χ0) is 15.5. The molecule has 0 spiro atoms. The monoisotopic (exact) mass is 289 g/mol. The van der Waals surface area contributed by atoms with Gasteiger partial charge >= 0.3 is 0 Å². The van der Waals surface area contributed by atoms with Gasteiger partial charge in [0.1, 0.15) is 0 Å². The third-order valence-electron chi connectivity index (χ3n) is 4.57. The lowest BCUT2D eigenvalue weighted by Crippen LogP contribution is -2.53. The number of piperazine rings is 1. The third-order valence-corrected chi connectivity index (χ3v) is 4.57. The fourth-order valence-corrected chi connectivity index (χ4v) is 3.04. The molecule has 1 aliphatic rings. The summed E-state index contributed by atoms with van der Waals surface area (Å²) in [6.45, 7) is 13.6. The van der Waals surface area contributed by atoms with Gasteiger partial charge in [0.25, 0.3) is 0 Å². The van der Waals surface area contributed by atoms with E-state index in [-0.39, 0.29) is 11.6 Å². The molecule has 2 N–H and O–H groups in total. The number of para-hydroxylation sites is 1. The molecule has 3 nitrogen and oxygen atoms in total. The summed E-state index contributed by atoms with van der Waals surface area (Å²) in [4.78, 5) is 5.10. The van der Waals surface area contributed by atoms with E-state index in [9.17, 15) is 0 Å². The van der Waals surface area contributed by atoms with E-state index in [0.717, 1.165) is 39.0 Å². The van der Waals surface area contributed by atoms with Crippen molar-refractivity contribution in [3.8, 4) is 0 Å². The lowest BCUT2D eigenvalue weighted by molar-refractivity contribution is 0.128.